The topological polar surface area (TPSA) is 35.6 Å². The zero-order valence-electron chi connectivity index (χ0n) is 15.5. The SMILES string of the molecule is CC12CCCC1CN(C(=O)NCCCN1CCc3ccccc3C1)C2. The molecule has 1 saturated carbocycles. The molecule has 1 N–H and O–H groups in total. The highest BCUT2D eigenvalue weighted by Gasteiger charge is 2.47. The first-order valence-electron chi connectivity index (χ1n) is 9.96. The van der Waals surface area contributed by atoms with Gasteiger partial charge in [0.25, 0.3) is 0 Å². The summed E-state index contributed by atoms with van der Waals surface area (Å²) in [7, 11) is 0. The molecule has 0 spiro atoms. The van der Waals surface area contributed by atoms with Crippen LogP contribution < -0.4 is 5.32 Å². The van der Waals surface area contributed by atoms with E-state index < -0.39 is 0 Å². The van der Waals surface area contributed by atoms with Crippen LogP contribution in [0.4, 0.5) is 4.79 Å². The number of nitrogens with zero attached hydrogens (tertiary/aromatic N) is 2. The minimum Gasteiger partial charge on any atom is -0.338 e. The van der Waals surface area contributed by atoms with Gasteiger partial charge in [-0.3, -0.25) is 4.90 Å². The van der Waals surface area contributed by atoms with Gasteiger partial charge < -0.3 is 10.2 Å². The van der Waals surface area contributed by atoms with Crippen LogP contribution in [-0.2, 0) is 13.0 Å². The molecule has 2 amide bonds. The Morgan fingerprint density at radius 1 is 1.32 bits per heavy atom. The van der Waals surface area contributed by atoms with Crippen molar-refractivity contribution >= 4 is 6.03 Å². The second-order valence-corrected chi connectivity index (χ2v) is 8.50. The minimum absolute atomic E-state index is 0.152. The largest absolute Gasteiger partial charge is 0.338 e. The molecule has 4 heteroatoms. The Hall–Kier alpha value is -1.55. The number of amides is 2. The summed E-state index contributed by atoms with van der Waals surface area (Å²) in [5.41, 5.74) is 3.35. The molecule has 2 aliphatic heterocycles. The molecule has 4 rings (SSSR count). The molecule has 136 valence electrons. The summed E-state index contributed by atoms with van der Waals surface area (Å²) in [5, 5.41) is 3.15. The van der Waals surface area contributed by atoms with Crippen molar-refractivity contribution in [3.05, 3.63) is 35.4 Å². The van der Waals surface area contributed by atoms with Crippen molar-refractivity contribution in [3.63, 3.8) is 0 Å². The molecule has 0 bridgehead atoms. The van der Waals surface area contributed by atoms with Gasteiger partial charge in [0.2, 0.25) is 0 Å². The molecule has 1 aromatic carbocycles. The van der Waals surface area contributed by atoms with Crippen LogP contribution in [0.5, 0.6) is 0 Å². The second kappa shape index (κ2) is 6.99. The summed E-state index contributed by atoms with van der Waals surface area (Å²) >= 11 is 0. The van der Waals surface area contributed by atoms with Crippen molar-refractivity contribution in [2.75, 3.05) is 32.7 Å². The maximum Gasteiger partial charge on any atom is 0.317 e. The fourth-order valence-corrected chi connectivity index (χ4v) is 5.10. The van der Waals surface area contributed by atoms with E-state index in [9.17, 15) is 4.79 Å². The van der Waals surface area contributed by atoms with Crippen molar-refractivity contribution in [2.45, 2.75) is 45.6 Å². The Kier molecular flexibility index (Phi) is 4.72. The zero-order chi connectivity index (χ0) is 17.3. The molecule has 2 atom stereocenters. The van der Waals surface area contributed by atoms with Gasteiger partial charge in [-0.2, -0.15) is 0 Å². The third-order valence-corrected chi connectivity index (χ3v) is 6.70. The average molecular weight is 341 g/mol. The first-order chi connectivity index (χ1) is 12.1. The number of hydrogen-bond acceptors (Lipinski definition) is 2. The lowest BCUT2D eigenvalue weighted by atomic mass is 9.83. The Labute approximate surface area is 151 Å². The Balaban J connectivity index is 1.17. The molecule has 0 aromatic heterocycles. The molecule has 3 aliphatic rings. The third-order valence-electron chi connectivity index (χ3n) is 6.70. The van der Waals surface area contributed by atoms with Crippen molar-refractivity contribution in [2.24, 2.45) is 11.3 Å². The summed E-state index contributed by atoms with van der Waals surface area (Å²) < 4.78 is 0. The normalized spacial score (nSPS) is 28.7. The van der Waals surface area contributed by atoms with Gasteiger partial charge in [-0.15, -0.1) is 0 Å². The predicted octanol–water partition coefficient (Wildman–Crippen LogP) is 3.27. The molecule has 2 fully saturated rings. The number of benzene rings is 1. The number of hydrogen-bond donors (Lipinski definition) is 1. The van der Waals surface area contributed by atoms with Gasteiger partial charge in [-0.25, -0.2) is 4.79 Å². The van der Waals surface area contributed by atoms with Crippen LogP contribution in [0.15, 0.2) is 24.3 Å². The lowest BCUT2D eigenvalue weighted by Crippen LogP contribution is -2.41. The van der Waals surface area contributed by atoms with Crippen LogP contribution in [0, 0.1) is 11.3 Å². The van der Waals surface area contributed by atoms with Crippen LogP contribution in [0.1, 0.15) is 43.7 Å². The van der Waals surface area contributed by atoms with Gasteiger partial charge >= 0.3 is 6.03 Å². The second-order valence-electron chi connectivity index (χ2n) is 8.50. The molecule has 0 radical (unpaired) electrons. The van der Waals surface area contributed by atoms with E-state index in [1.807, 2.05) is 0 Å². The number of carbonyl (C=O) groups is 1. The van der Waals surface area contributed by atoms with E-state index in [1.165, 1.54) is 30.4 Å². The molecule has 1 aliphatic carbocycles. The Bertz CT molecular complexity index is 631. The van der Waals surface area contributed by atoms with Crippen LogP contribution >= 0.6 is 0 Å². The predicted molar refractivity (Wildman–Crippen MR) is 100 cm³/mol. The standard InChI is InChI=1S/C21H31N3O/c1-21-10-4-8-19(21)15-24(16-21)20(25)22-11-5-12-23-13-9-17-6-2-3-7-18(17)14-23/h2-3,6-7,19H,4-5,8-16H2,1H3,(H,22,25). The number of fused-ring (bicyclic) bond motifs is 2. The summed E-state index contributed by atoms with van der Waals surface area (Å²) in [6.45, 7) is 8.32. The van der Waals surface area contributed by atoms with E-state index in [0.717, 1.165) is 58.0 Å². The number of carbonyl (C=O) groups excluding carboxylic acids is 1. The van der Waals surface area contributed by atoms with Gasteiger partial charge in [0.15, 0.2) is 0 Å². The third kappa shape index (κ3) is 3.55. The molecular weight excluding hydrogens is 310 g/mol. The van der Waals surface area contributed by atoms with E-state index in [-0.39, 0.29) is 6.03 Å². The number of urea groups is 1. The number of likely N-dealkylation sites (tertiary alicyclic amines) is 1. The van der Waals surface area contributed by atoms with E-state index in [1.54, 1.807) is 0 Å². The van der Waals surface area contributed by atoms with Gasteiger partial charge in [0.05, 0.1) is 0 Å². The summed E-state index contributed by atoms with van der Waals surface area (Å²) in [5.74, 6) is 0.728. The summed E-state index contributed by atoms with van der Waals surface area (Å²) in [6.07, 6.45) is 6.11. The first-order valence-corrected chi connectivity index (χ1v) is 9.96. The molecule has 25 heavy (non-hydrogen) atoms. The van der Waals surface area contributed by atoms with Crippen molar-refractivity contribution < 1.29 is 4.79 Å². The first kappa shape index (κ1) is 16.9. The van der Waals surface area contributed by atoms with Crippen LogP contribution in [0.2, 0.25) is 0 Å². The van der Waals surface area contributed by atoms with E-state index in [0.29, 0.717) is 5.41 Å². The maximum absolute atomic E-state index is 12.4. The van der Waals surface area contributed by atoms with Crippen molar-refractivity contribution in [1.29, 1.82) is 0 Å². The van der Waals surface area contributed by atoms with Gasteiger partial charge in [0.1, 0.15) is 0 Å². The van der Waals surface area contributed by atoms with E-state index in [4.69, 9.17) is 0 Å². The smallest absolute Gasteiger partial charge is 0.317 e. The average Bonchev–Trinajstić information content (AvgIpc) is 3.13. The van der Waals surface area contributed by atoms with Crippen molar-refractivity contribution in [1.82, 2.24) is 15.1 Å². The maximum atomic E-state index is 12.4. The van der Waals surface area contributed by atoms with Gasteiger partial charge in [-0.05, 0) is 48.1 Å². The van der Waals surface area contributed by atoms with Gasteiger partial charge in [-0.1, -0.05) is 37.6 Å². The zero-order valence-corrected chi connectivity index (χ0v) is 15.5. The summed E-state index contributed by atoms with van der Waals surface area (Å²) in [4.78, 5) is 17.0. The highest BCUT2D eigenvalue weighted by molar-refractivity contribution is 5.74. The lowest BCUT2D eigenvalue weighted by Gasteiger charge is -2.28. The molecular formula is C21H31N3O. The highest BCUT2D eigenvalue weighted by Crippen LogP contribution is 2.48. The van der Waals surface area contributed by atoms with E-state index >= 15 is 0 Å². The molecule has 4 nitrogen and oxygen atoms in total. The van der Waals surface area contributed by atoms with Crippen LogP contribution in [-0.4, -0.2) is 48.6 Å². The number of rotatable bonds is 4. The number of nitrogens with one attached hydrogen (secondary N) is 1. The summed E-state index contributed by atoms with van der Waals surface area (Å²) in [6, 6.07) is 8.91. The van der Waals surface area contributed by atoms with Crippen LogP contribution in [0.3, 0.4) is 0 Å². The van der Waals surface area contributed by atoms with E-state index in [2.05, 4.69) is 46.3 Å². The lowest BCUT2D eigenvalue weighted by molar-refractivity contribution is 0.198. The fraction of sp³-hybridized carbons (Fsp3) is 0.667. The van der Waals surface area contributed by atoms with Crippen molar-refractivity contribution in [3.8, 4) is 0 Å². The minimum atomic E-state index is 0.152. The highest BCUT2D eigenvalue weighted by atomic mass is 16.2. The Morgan fingerprint density at radius 2 is 2.16 bits per heavy atom. The Morgan fingerprint density at radius 3 is 3.00 bits per heavy atom. The van der Waals surface area contributed by atoms with Crippen LogP contribution in [0.25, 0.3) is 0 Å². The molecule has 1 aromatic rings. The monoisotopic (exact) mass is 341 g/mol. The van der Waals surface area contributed by atoms with Gasteiger partial charge in [0, 0.05) is 39.3 Å². The molecule has 2 heterocycles. The molecule has 1 saturated heterocycles. The fourth-order valence-electron chi connectivity index (χ4n) is 5.10. The molecule has 2 unspecified atom stereocenters. The quantitative estimate of drug-likeness (QED) is 0.853.